The molecule has 0 bridgehead atoms. The Kier molecular flexibility index (Phi) is 3.63. The number of halogens is 1. The highest BCUT2D eigenvalue weighted by Crippen LogP contribution is 2.27. The van der Waals surface area contributed by atoms with Gasteiger partial charge in [-0.05, 0) is 36.6 Å². The average Bonchev–Trinajstić information content (AvgIpc) is 2.79. The summed E-state index contributed by atoms with van der Waals surface area (Å²) >= 11 is 5.99. The maximum Gasteiger partial charge on any atom is 0.305 e. The van der Waals surface area contributed by atoms with Crippen LogP contribution in [-0.4, -0.2) is 41.7 Å². The Hall–Kier alpha value is -1.24. The standard InChI is InChI=1S/C14H18ClN3O2S/c1-11-16(2)7-8-18(11)21(19,20)17-6-5-12-9-14(15)4-3-13(12)10-17/h3-4,7-9,11H,5-6,10H2,1-2H3. The van der Waals surface area contributed by atoms with Crippen LogP contribution in [0.2, 0.25) is 5.02 Å². The highest BCUT2D eigenvalue weighted by atomic mass is 35.5. The van der Waals surface area contributed by atoms with E-state index in [9.17, 15) is 8.42 Å². The molecule has 0 N–H and O–H groups in total. The number of hydrogen-bond acceptors (Lipinski definition) is 3. The van der Waals surface area contributed by atoms with Gasteiger partial charge in [0.15, 0.2) is 0 Å². The van der Waals surface area contributed by atoms with Crippen molar-refractivity contribution in [3.63, 3.8) is 0 Å². The van der Waals surface area contributed by atoms with E-state index in [0.717, 1.165) is 11.1 Å². The highest BCUT2D eigenvalue weighted by molar-refractivity contribution is 7.86. The van der Waals surface area contributed by atoms with Crippen LogP contribution in [0.15, 0.2) is 30.6 Å². The molecule has 3 rings (SSSR count). The van der Waals surface area contributed by atoms with E-state index in [2.05, 4.69) is 0 Å². The van der Waals surface area contributed by atoms with E-state index in [1.807, 2.05) is 37.1 Å². The van der Waals surface area contributed by atoms with E-state index < -0.39 is 10.2 Å². The lowest BCUT2D eigenvalue weighted by molar-refractivity contribution is 0.252. The summed E-state index contributed by atoms with van der Waals surface area (Å²) in [5.74, 6) is 0. The van der Waals surface area contributed by atoms with Crippen LogP contribution in [0.25, 0.3) is 0 Å². The molecule has 0 aromatic heterocycles. The zero-order valence-electron chi connectivity index (χ0n) is 12.0. The summed E-state index contributed by atoms with van der Waals surface area (Å²) in [6.45, 7) is 2.75. The summed E-state index contributed by atoms with van der Waals surface area (Å²) in [5.41, 5.74) is 2.16. The fraction of sp³-hybridized carbons (Fsp3) is 0.429. The molecule has 0 saturated heterocycles. The molecule has 0 spiro atoms. The van der Waals surface area contributed by atoms with Crippen molar-refractivity contribution in [1.82, 2.24) is 13.5 Å². The molecule has 2 aliphatic rings. The van der Waals surface area contributed by atoms with Crippen molar-refractivity contribution < 1.29 is 8.42 Å². The van der Waals surface area contributed by atoms with Crippen molar-refractivity contribution in [3.8, 4) is 0 Å². The van der Waals surface area contributed by atoms with Crippen LogP contribution in [0.3, 0.4) is 0 Å². The highest BCUT2D eigenvalue weighted by Gasteiger charge is 2.36. The van der Waals surface area contributed by atoms with Crippen LogP contribution in [0.5, 0.6) is 0 Å². The second-order valence-electron chi connectivity index (χ2n) is 5.43. The van der Waals surface area contributed by atoms with E-state index in [0.29, 0.717) is 24.5 Å². The van der Waals surface area contributed by atoms with Crippen LogP contribution >= 0.6 is 11.6 Å². The van der Waals surface area contributed by atoms with E-state index in [1.54, 1.807) is 12.4 Å². The number of benzene rings is 1. The Morgan fingerprint density at radius 1 is 1.24 bits per heavy atom. The molecular weight excluding hydrogens is 310 g/mol. The predicted molar refractivity (Wildman–Crippen MR) is 82.7 cm³/mol. The second kappa shape index (κ2) is 5.19. The van der Waals surface area contributed by atoms with Gasteiger partial charge in [0.2, 0.25) is 0 Å². The second-order valence-corrected chi connectivity index (χ2v) is 7.70. The molecule has 1 aromatic carbocycles. The van der Waals surface area contributed by atoms with Gasteiger partial charge in [-0.15, -0.1) is 0 Å². The Labute approximate surface area is 130 Å². The Morgan fingerprint density at radius 2 is 2.00 bits per heavy atom. The normalized spacial score (nSPS) is 22.7. The van der Waals surface area contributed by atoms with Gasteiger partial charge in [-0.2, -0.15) is 12.7 Å². The number of fused-ring (bicyclic) bond motifs is 1. The minimum absolute atomic E-state index is 0.193. The van der Waals surface area contributed by atoms with Gasteiger partial charge in [-0.25, -0.2) is 4.31 Å². The van der Waals surface area contributed by atoms with Gasteiger partial charge in [-0.1, -0.05) is 17.7 Å². The molecule has 1 unspecified atom stereocenters. The summed E-state index contributed by atoms with van der Waals surface area (Å²) in [7, 11) is -1.63. The summed E-state index contributed by atoms with van der Waals surface area (Å²) in [5, 5.41) is 0.697. The average molecular weight is 328 g/mol. The van der Waals surface area contributed by atoms with Gasteiger partial charge in [0.25, 0.3) is 0 Å². The predicted octanol–water partition coefficient (Wildman–Crippen LogP) is 2.01. The number of nitrogens with zero attached hydrogens (tertiary/aromatic N) is 3. The third kappa shape index (κ3) is 2.52. The summed E-state index contributed by atoms with van der Waals surface area (Å²) in [6.07, 6.45) is 3.90. The molecule has 7 heteroatoms. The maximum absolute atomic E-state index is 12.8. The first-order chi connectivity index (χ1) is 9.89. The molecular formula is C14H18ClN3O2S. The van der Waals surface area contributed by atoms with Gasteiger partial charge in [0, 0.05) is 37.6 Å². The van der Waals surface area contributed by atoms with Crippen LogP contribution in [-0.2, 0) is 23.2 Å². The van der Waals surface area contributed by atoms with Gasteiger partial charge in [0.1, 0.15) is 6.17 Å². The van der Waals surface area contributed by atoms with Crippen molar-refractivity contribution >= 4 is 21.8 Å². The van der Waals surface area contributed by atoms with E-state index in [-0.39, 0.29) is 6.17 Å². The van der Waals surface area contributed by atoms with Crippen molar-refractivity contribution in [1.29, 1.82) is 0 Å². The van der Waals surface area contributed by atoms with E-state index in [4.69, 9.17) is 11.6 Å². The SMILES string of the molecule is CC1N(C)C=CN1S(=O)(=O)N1CCc2cc(Cl)ccc2C1. The van der Waals surface area contributed by atoms with E-state index in [1.165, 1.54) is 8.61 Å². The molecule has 0 aliphatic carbocycles. The van der Waals surface area contributed by atoms with Gasteiger partial charge in [-0.3, -0.25) is 0 Å². The van der Waals surface area contributed by atoms with Crippen molar-refractivity contribution in [2.45, 2.75) is 26.1 Å². The van der Waals surface area contributed by atoms with Crippen LogP contribution < -0.4 is 0 Å². The van der Waals surface area contributed by atoms with Gasteiger partial charge >= 0.3 is 10.2 Å². The molecule has 2 aliphatic heterocycles. The molecule has 0 radical (unpaired) electrons. The maximum atomic E-state index is 12.8. The molecule has 0 amide bonds. The molecule has 2 heterocycles. The number of hydrogen-bond donors (Lipinski definition) is 0. The fourth-order valence-corrected chi connectivity index (χ4v) is 4.52. The third-order valence-corrected chi connectivity index (χ3v) is 6.30. The Balaban J connectivity index is 1.85. The number of rotatable bonds is 2. The van der Waals surface area contributed by atoms with Gasteiger partial charge in [0.05, 0.1) is 0 Å². The summed E-state index contributed by atoms with van der Waals surface area (Å²) in [6, 6.07) is 5.64. The van der Waals surface area contributed by atoms with Crippen LogP contribution in [0, 0.1) is 0 Å². The van der Waals surface area contributed by atoms with Crippen LogP contribution in [0.1, 0.15) is 18.1 Å². The Bertz CT molecular complexity index is 689. The first kappa shape index (κ1) is 14.7. The molecule has 5 nitrogen and oxygen atoms in total. The van der Waals surface area contributed by atoms with Crippen molar-refractivity contribution in [3.05, 3.63) is 46.7 Å². The minimum atomic E-state index is -3.49. The zero-order chi connectivity index (χ0) is 15.2. The van der Waals surface area contributed by atoms with Crippen molar-refractivity contribution in [2.75, 3.05) is 13.6 Å². The quantitative estimate of drug-likeness (QED) is 0.834. The molecule has 1 aromatic rings. The molecule has 0 fully saturated rings. The largest absolute Gasteiger partial charge is 0.358 e. The lowest BCUT2D eigenvalue weighted by atomic mass is 10.0. The minimum Gasteiger partial charge on any atom is -0.358 e. The van der Waals surface area contributed by atoms with Crippen LogP contribution in [0.4, 0.5) is 0 Å². The summed E-state index contributed by atoms with van der Waals surface area (Å²) < 4.78 is 28.5. The zero-order valence-corrected chi connectivity index (χ0v) is 13.6. The molecule has 21 heavy (non-hydrogen) atoms. The topological polar surface area (TPSA) is 43.9 Å². The lowest BCUT2D eigenvalue weighted by Crippen LogP contribution is -2.47. The smallest absolute Gasteiger partial charge is 0.305 e. The van der Waals surface area contributed by atoms with Gasteiger partial charge < -0.3 is 4.90 Å². The first-order valence-electron chi connectivity index (χ1n) is 6.86. The molecule has 114 valence electrons. The van der Waals surface area contributed by atoms with E-state index >= 15 is 0 Å². The first-order valence-corrected chi connectivity index (χ1v) is 8.63. The summed E-state index contributed by atoms with van der Waals surface area (Å²) in [4.78, 5) is 1.87. The Morgan fingerprint density at radius 3 is 2.67 bits per heavy atom. The molecule has 1 atom stereocenters. The fourth-order valence-electron chi connectivity index (χ4n) is 2.70. The monoisotopic (exact) mass is 327 g/mol. The molecule has 0 saturated carbocycles. The van der Waals surface area contributed by atoms with Crippen molar-refractivity contribution in [2.24, 2.45) is 0 Å². The lowest BCUT2D eigenvalue weighted by Gasteiger charge is -2.34. The third-order valence-electron chi connectivity index (χ3n) is 4.14.